The third kappa shape index (κ3) is 2.02. The predicted octanol–water partition coefficient (Wildman–Crippen LogP) is 0.479. The van der Waals surface area contributed by atoms with Crippen molar-refractivity contribution >= 4 is 34.2 Å². The molecule has 4 rings (SSSR count). The number of rotatable bonds is 3. The summed E-state index contributed by atoms with van der Waals surface area (Å²) in [6.45, 7) is -0.664. The number of imide groups is 1. The molecular weight excluding hydrogens is 338 g/mol. The maximum atomic E-state index is 12.6. The number of benzene rings is 2. The van der Waals surface area contributed by atoms with Gasteiger partial charge in [0.05, 0.1) is 12.2 Å². The number of β-amino-alcohol motifs (C(OH)–C–C–N with tert-alkyl or cyclic N) is 1. The first kappa shape index (κ1) is 16.1. The first-order valence-corrected chi connectivity index (χ1v) is 7.98. The monoisotopic (exact) mass is 353 g/mol. The predicted molar refractivity (Wildman–Crippen MR) is 91.7 cm³/mol. The average Bonchev–Trinajstić information content (AvgIpc) is 3.03. The number of aliphatic hydroxyl groups excluding tert-OH is 2. The van der Waals surface area contributed by atoms with Crippen molar-refractivity contribution in [2.45, 2.75) is 5.66 Å². The Balaban J connectivity index is 1.95. The molecule has 2 aliphatic rings. The molecule has 0 aromatic heterocycles. The van der Waals surface area contributed by atoms with E-state index in [1.54, 1.807) is 18.2 Å². The maximum absolute atomic E-state index is 12.6. The molecule has 1 fully saturated rings. The lowest BCUT2D eigenvalue weighted by Crippen LogP contribution is -2.60. The minimum atomic E-state index is -1.89. The molecule has 0 bridgehead atoms. The van der Waals surface area contributed by atoms with Crippen molar-refractivity contribution in [3.8, 4) is 0 Å². The Hall–Kier alpha value is -3.39. The molecule has 4 amide bonds. The second-order valence-corrected chi connectivity index (χ2v) is 6.08. The van der Waals surface area contributed by atoms with Crippen LogP contribution >= 0.6 is 0 Å². The van der Waals surface area contributed by atoms with E-state index in [-0.39, 0.29) is 12.1 Å². The van der Waals surface area contributed by atoms with Crippen molar-refractivity contribution < 1.29 is 24.6 Å². The molecule has 0 saturated carbocycles. The van der Waals surface area contributed by atoms with Crippen molar-refractivity contribution in [3.63, 3.8) is 0 Å². The second-order valence-electron chi connectivity index (χ2n) is 6.08. The number of fused-ring (bicyclic) bond motifs is 1. The van der Waals surface area contributed by atoms with Gasteiger partial charge in [-0.15, -0.1) is 0 Å². The summed E-state index contributed by atoms with van der Waals surface area (Å²) in [4.78, 5) is 37.9. The summed E-state index contributed by atoms with van der Waals surface area (Å²) in [7, 11) is 0. The van der Waals surface area contributed by atoms with Crippen LogP contribution in [0.2, 0.25) is 0 Å². The van der Waals surface area contributed by atoms with Gasteiger partial charge >= 0.3 is 6.03 Å². The second kappa shape index (κ2) is 5.57. The minimum absolute atomic E-state index is 0.00921. The van der Waals surface area contributed by atoms with E-state index in [9.17, 15) is 24.6 Å². The number of nitrogens with zero attached hydrogens (tertiary/aromatic N) is 1. The van der Waals surface area contributed by atoms with Gasteiger partial charge in [-0.1, -0.05) is 36.4 Å². The van der Waals surface area contributed by atoms with Gasteiger partial charge in [0.25, 0.3) is 11.8 Å². The number of carbonyl (C=O) groups excluding carboxylic acids is 3. The fraction of sp³-hybridized carbons (Fsp3) is 0.167. The van der Waals surface area contributed by atoms with E-state index in [2.05, 4.69) is 10.6 Å². The Morgan fingerprint density at radius 3 is 2.42 bits per heavy atom. The SMILES string of the molecule is O=C1NC(=O)C2(N1)C(c1ccc3ccccc3c1)=C(O)C(=O)N2CCO. The van der Waals surface area contributed by atoms with Crippen molar-refractivity contribution in [2.75, 3.05) is 13.2 Å². The first-order chi connectivity index (χ1) is 12.5. The van der Waals surface area contributed by atoms with Crippen molar-refractivity contribution in [1.29, 1.82) is 0 Å². The van der Waals surface area contributed by atoms with Gasteiger partial charge in [-0.3, -0.25) is 19.8 Å². The largest absolute Gasteiger partial charge is 0.503 e. The average molecular weight is 353 g/mol. The number of urea groups is 1. The molecule has 4 N–H and O–H groups in total. The molecule has 0 aliphatic carbocycles. The van der Waals surface area contributed by atoms with E-state index in [1.165, 1.54) is 0 Å². The van der Waals surface area contributed by atoms with Crippen LogP contribution in [0.1, 0.15) is 5.56 Å². The van der Waals surface area contributed by atoms with Gasteiger partial charge in [-0.2, -0.15) is 0 Å². The number of aliphatic hydroxyl groups is 2. The maximum Gasteiger partial charge on any atom is 0.324 e. The van der Waals surface area contributed by atoms with Crippen LogP contribution in [0.3, 0.4) is 0 Å². The normalized spacial score (nSPS) is 22.5. The topological polar surface area (TPSA) is 119 Å². The highest BCUT2D eigenvalue weighted by Crippen LogP contribution is 2.41. The summed E-state index contributed by atoms with van der Waals surface area (Å²) in [6.07, 6.45) is 0. The lowest BCUT2D eigenvalue weighted by molar-refractivity contribution is -0.140. The highest BCUT2D eigenvalue weighted by Gasteiger charge is 2.61. The molecule has 8 nitrogen and oxygen atoms in total. The molecule has 26 heavy (non-hydrogen) atoms. The smallest absolute Gasteiger partial charge is 0.324 e. The van der Waals surface area contributed by atoms with Crippen molar-refractivity contribution in [2.24, 2.45) is 0 Å². The zero-order valence-electron chi connectivity index (χ0n) is 13.5. The summed E-state index contributed by atoms with van der Waals surface area (Å²) in [6, 6.07) is 11.9. The summed E-state index contributed by atoms with van der Waals surface area (Å²) < 4.78 is 0. The molecule has 132 valence electrons. The third-order valence-electron chi connectivity index (χ3n) is 4.66. The summed E-state index contributed by atoms with van der Waals surface area (Å²) in [5.41, 5.74) is -1.47. The Morgan fingerprint density at radius 1 is 1.04 bits per heavy atom. The van der Waals surface area contributed by atoms with Gasteiger partial charge in [0.1, 0.15) is 0 Å². The van der Waals surface area contributed by atoms with Gasteiger partial charge in [-0.25, -0.2) is 4.79 Å². The quantitative estimate of drug-likeness (QED) is 0.599. The van der Waals surface area contributed by atoms with Gasteiger partial charge in [0, 0.05) is 6.54 Å². The lowest BCUT2D eigenvalue weighted by atomic mass is 9.91. The lowest BCUT2D eigenvalue weighted by Gasteiger charge is -2.33. The fourth-order valence-electron chi connectivity index (χ4n) is 3.57. The van der Waals surface area contributed by atoms with Crippen LogP contribution < -0.4 is 10.6 Å². The van der Waals surface area contributed by atoms with E-state index < -0.39 is 35.9 Å². The van der Waals surface area contributed by atoms with E-state index in [4.69, 9.17) is 0 Å². The third-order valence-corrected chi connectivity index (χ3v) is 4.66. The summed E-state index contributed by atoms with van der Waals surface area (Å²) in [5, 5.41) is 26.1. The molecular formula is C18H15N3O5. The molecule has 8 heteroatoms. The van der Waals surface area contributed by atoms with Crippen LogP contribution in [-0.4, -0.2) is 51.8 Å². The molecule has 0 radical (unpaired) electrons. The van der Waals surface area contributed by atoms with E-state index in [0.29, 0.717) is 5.56 Å². The molecule has 2 aromatic carbocycles. The number of hydrogen-bond acceptors (Lipinski definition) is 5. The molecule has 2 heterocycles. The summed E-state index contributed by atoms with van der Waals surface area (Å²) >= 11 is 0. The Labute approximate surface area is 147 Å². The summed E-state index contributed by atoms with van der Waals surface area (Å²) in [5.74, 6) is -2.25. The van der Waals surface area contributed by atoms with Crippen LogP contribution in [0, 0.1) is 0 Å². The number of nitrogens with one attached hydrogen (secondary N) is 2. The van der Waals surface area contributed by atoms with Gasteiger partial charge < -0.3 is 15.5 Å². The highest BCUT2D eigenvalue weighted by molar-refractivity contribution is 6.22. The molecule has 1 saturated heterocycles. The Morgan fingerprint density at radius 2 is 1.77 bits per heavy atom. The molecule has 2 aromatic rings. The number of hydrogen-bond donors (Lipinski definition) is 4. The zero-order chi connectivity index (χ0) is 18.5. The van der Waals surface area contributed by atoms with Crippen LogP contribution in [0.4, 0.5) is 4.79 Å². The number of amides is 4. The molecule has 1 unspecified atom stereocenters. The van der Waals surface area contributed by atoms with Crippen LogP contribution in [0.25, 0.3) is 16.3 Å². The fourth-order valence-corrected chi connectivity index (χ4v) is 3.57. The van der Waals surface area contributed by atoms with Gasteiger partial charge in [0.15, 0.2) is 5.76 Å². The van der Waals surface area contributed by atoms with Gasteiger partial charge in [-0.05, 0) is 22.4 Å². The first-order valence-electron chi connectivity index (χ1n) is 7.98. The van der Waals surface area contributed by atoms with Crippen LogP contribution in [0.5, 0.6) is 0 Å². The van der Waals surface area contributed by atoms with Crippen LogP contribution in [-0.2, 0) is 9.59 Å². The van der Waals surface area contributed by atoms with E-state index in [0.717, 1.165) is 15.7 Å². The number of carbonyl (C=O) groups is 3. The standard InChI is InChI=1S/C18H15N3O5/c22-8-7-21-15(24)14(23)13(18(21)16(25)19-17(26)20-18)12-6-5-10-3-1-2-4-11(10)9-12/h1-6,9,22-23H,7-8H2,(H2,19,20,25,26). The van der Waals surface area contributed by atoms with E-state index in [1.807, 2.05) is 24.3 Å². The highest BCUT2D eigenvalue weighted by atomic mass is 16.3. The van der Waals surface area contributed by atoms with Crippen molar-refractivity contribution in [1.82, 2.24) is 15.5 Å². The van der Waals surface area contributed by atoms with Crippen LogP contribution in [0.15, 0.2) is 48.2 Å². The minimum Gasteiger partial charge on any atom is -0.503 e. The zero-order valence-corrected chi connectivity index (χ0v) is 13.5. The van der Waals surface area contributed by atoms with Crippen molar-refractivity contribution in [3.05, 3.63) is 53.8 Å². The molecule has 2 aliphatic heterocycles. The van der Waals surface area contributed by atoms with E-state index >= 15 is 0 Å². The molecule has 1 spiro atoms. The Kier molecular flexibility index (Phi) is 3.45. The molecule has 1 atom stereocenters. The van der Waals surface area contributed by atoms with Gasteiger partial charge in [0.2, 0.25) is 5.66 Å². The Bertz CT molecular complexity index is 999.